The minimum Gasteiger partial charge on any atom is -0.355 e. The van der Waals surface area contributed by atoms with Crippen LogP contribution in [0.25, 0.3) is 0 Å². The third-order valence-electron chi connectivity index (χ3n) is 3.64. The van der Waals surface area contributed by atoms with Crippen LogP contribution in [0.5, 0.6) is 0 Å². The molecule has 0 aliphatic carbocycles. The molecule has 1 amide bonds. The summed E-state index contributed by atoms with van der Waals surface area (Å²) in [4.78, 5) is 16.2. The summed E-state index contributed by atoms with van der Waals surface area (Å²) in [6, 6.07) is 6.68. The number of rotatable bonds is 5. The van der Waals surface area contributed by atoms with E-state index in [1.54, 1.807) is 12.1 Å². The van der Waals surface area contributed by atoms with Crippen LogP contribution in [0.3, 0.4) is 0 Å². The lowest BCUT2D eigenvalue weighted by molar-refractivity contribution is -0.122. The number of piperazine rings is 1. The van der Waals surface area contributed by atoms with Crippen molar-refractivity contribution < 1.29 is 9.18 Å². The van der Waals surface area contributed by atoms with Gasteiger partial charge in [0.25, 0.3) is 0 Å². The number of hydrogen-bond donors (Lipinski definition) is 1. The number of halogens is 1. The fraction of sp³-hybridized carbons (Fsp3) is 0.533. The highest BCUT2D eigenvalue weighted by Gasteiger charge is 2.16. The first-order chi connectivity index (χ1) is 9.65. The van der Waals surface area contributed by atoms with E-state index in [-0.39, 0.29) is 11.7 Å². The zero-order valence-corrected chi connectivity index (χ0v) is 11.9. The Morgan fingerprint density at radius 3 is 2.65 bits per heavy atom. The van der Waals surface area contributed by atoms with Crippen molar-refractivity contribution in [3.8, 4) is 0 Å². The van der Waals surface area contributed by atoms with E-state index >= 15 is 0 Å². The second-order valence-corrected chi connectivity index (χ2v) is 5.27. The molecule has 110 valence electrons. The van der Waals surface area contributed by atoms with Crippen LogP contribution in [0.4, 0.5) is 4.39 Å². The molecule has 1 aliphatic rings. The first kappa shape index (κ1) is 14.9. The quantitative estimate of drug-likeness (QED) is 0.863. The van der Waals surface area contributed by atoms with Crippen LogP contribution in [0, 0.1) is 5.82 Å². The highest BCUT2D eigenvalue weighted by atomic mass is 19.1. The first-order valence-corrected chi connectivity index (χ1v) is 7.06. The second kappa shape index (κ2) is 7.36. The summed E-state index contributed by atoms with van der Waals surface area (Å²) in [5, 5.41) is 2.86. The third-order valence-corrected chi connectivity index (χ3v) is 3.64. The normalized spacial score (nSPS) is 17.1. The van der Waals surface area contributed by atoms with Gasteiger partial charge in [-0.2, -0.15) is 0 Å². The van der Waals surface area contributed by atoms with Gasteiger partial charge < -0.3 is 10.2 Å². The number of likely N-dealkylation sites (N-methyl/N-ethyl adjacent to an activating group) is 1. The van der Waals surface area contributed by atoms with Gasteiger partial charge in [0.2, 0.25) is 5.91 Å². The summed E-state index contributed by atoms with van der Waals surface area (Å²) < 4.78 is 13.4. The second-order valence-electron chi connectivity index (χ2n) is 5.27. The first-order valence-electron chi connectivity index (χ1n) is 7.06. The van der Waals surface area contributed by atoms with Crippen LogP contribution < -0.4 is 5.32 Å². The fourth-order valence-electron chi connectivity index (χ4n) is 2.30. The molecule has 20 heavy (non-hydrogen) atoms. The summed E-state index contributed by atoms with van der Waals surface area (Å²) >= 11 is 0. The molecule has 2 rings (SSSR count). The summed E-state index contributed by atoms with van der Waals surface area (Å²) in [6.45, 7) is 4.78. The molecular formula is C15H22FN3O. The molecule has 1 fully saturated rings. The van der Waals surface area contributed by atoms with Crippen molar-refractivity contribution in [1.29, 1.82) is 0 Å². The highest BCUT2D eigenvalue weighted by molar-refractivity contribution is 5.78. The smallest absolute Gasteiger partial charge is 0.234 e. The number of benzene rings is 1. The van der Waals surface area contributed by atoms with Gasteiger partial charge in [-0.3, -0.25) is 9.69 Å². The van der Waals surface area contributed by atoms with Crippen molar-refractivity contribution >= 4 is 5.91 Å². The molecule has 0 bridgehead atoms. The lowest BCUT2D eigenvalue weighted by atomic mass is 10.1. The number of carbonyl (C=O) groups excluding carboxylic acids is 1. The molecular weight excluding hydrogens is 257 g/mol. The van der Waals surface area contributed by atoms with E-state index in [1.165, 1.54) is 6.07 Å². The molecule has 0 radical (unpaired) electrons. The Hall–Kier alpha value is -1.46. The molecule has 1 aromatic carbocycles. The minimum absolute atomic E-state index is 0.0193. The summed E-state index contributed by atoms with van der Waals surface area (Å²) in [5.74, 6) is -0.188. The molecule has 1 N–H and O–H groups in total. The van der Waals surface area contributed by atoms with Crippen molar-refractivity contribution in [2.24, 2.45) is 0 Å². The van der Waals surface area contributed by atoms with Gasteiger partial charge >= 0.3 is 0 Å². The van der Waals surface area contributed by atoms with Crippen LogP contribution in [0.1, 0.15) is 5.56 Å². The number of nitrogens with zero attached hydrogens (tertiary/aromatic N) is 2. The molecule has 0 saturated carbocycles. The van der Waals surface area contributed by atoms with Gasteiger partial charge in [-0.05, 0) is 25.1 Å². The lowest BCUT2D eigenvalue weighted by Gasteiger charge is -2.31. The minimum atomic E-state index is -0.208. The lowest BCUT2D eigenvalue weighted by Crippen LogP contribution is -2.48. The summed E-state index contributed by atoms with van der Waals surface area (Å²) in [7, 11) is 2.09. The zero-order chi connectivity index (χ0) is 14.4. The van der Waals surface area contributed by atoms with E-state index < -0.39 is 0 Å². The fourth-order valence-corrected chi connectivity index (χ4v) is 2.30. The molecule has 4 nitrogen and oxygen atoms in total. The van der Waals surface area contributed by atoms with Gasteiger partial charge in [-0.15, -0.1) is 0 Å². The van der Waals surface area contributed by atoms with Crippen LogP contribution in [0.15, 0.2) is 24.3 Å². The molecule has 0 spiro atoms. The Balaban J connectivity index is 1.67. The number of hydrogen-bond acceptors (Lipinski definition) is 3. The van der Waals surface area contributed by atoms with Crippen LogP contribution in [0.2, 0.25) is 0 Å². The zero-order valence-electron chi connectivity index (χ0n) is 11.9. The van der Waals surface area contributed by atoms with Gasteiger partial charge in [0, 0.05) is 32.7 Å². The van der Waals surface area contributed by atoms with Crippen LogP contribution in [-0.4, -0.2) is 62.0 Å². The van der Waals surface area contributed by atoms with Gasteiger partial charge in [-0.1, -0.05) is 18.2 Å². The van der Waals surface area contributed by atoms with E-state index in [2.05, 4.69) is 22.2 Å². The maximum atomic E-state index is 13.4. The number of nitrogens with one attached hydrogen (secondary N) is 1. The predicted octanol–water partition coefficient (Wildman–Crippen LogP) is 0.732. The number of amides is 1. The van der Waals surface area contributed by atoms with Crippen molar-refractivity contribution in [1.82, 2.24) is 15.1 Å². The molecule has 1 heterocycles. The van der Waals surface area contributed by atoms with Crippen molar-refractivity contribution in [2.45, 2.75) is 6.42 Å². The van der Waals surface area contributed by atoms with E-state index in [0.29, 0.717) is 25.1 Å². The van der Waals surface area contributed by atoms with Crippen LogP contribution >= 0.6 is 0 Å². The average Bonchev–Trinajstić information content (AvgIpc) is 2.43. The maximum absolute atomic E-state index is 13.4. The number of carbonyl (C=O) groups is 1. The van der Waals surface area contributed by atoms with E-state index in [0.717, 1.165) is 26.2 Å². The van der Waals surface area contributed by atoms with Gasteiger partial charge in [-0.25, -0.2) is 4.39 Å². The molecule has 5 heteroatoms. The van der Waals surface area contributed by atoms with E-state index in [4.69, 9.17) is 0 Å². The van der Waals surface area contributed by atoms with Gasteiger partial charge in [0.15, 0.2) is 0 Å². The van der Waals surface area contributed by atoms with E-state index in [1.807, 2.05) is 6.07 Å². The predicted molar refractivity (Wildman–Crippen MR) is 77.1 cm³/mol. The summed E-state index contributed by atoms with van der Waals surface area (Å²) in [6.07, 6.45) is 0.529. The van der Waals surface area contributed by atoms with Crippen LogP contribution in [-0.2, 0) is 11.2 Å². The Bertz CT molecular complexity index is 444. The van der Waals surface area contributed by atoms with Crippen molar-refractivity contribution in [3.63, 3.8) is 0 Å². The molecule has 1 aliphatic heterocycles. The standard InChI is InChI=1S/C15H22FN3O/c1-18-8-10-19(11-9-18)12-15(20)17-7-6-13-4-2-3-5-14(13)16/h2-5H,6-12H2,1H3,(H,17,20). The Kier molecular flexibility index (Phi) is 5.49. The third kappa shape index (κ3) is 4.58. The molecule has 0 atom stereocenters. The van der Waals surface area contributed by atoms with E-state index in [9.17, 15) is 9.18 Å². The average molecular weight is 279 g/mol. The van der Waals surface area contributed by atoms with Crippen molar-refractivity contribution in [3.05, 3.63) is 35.6 Å². The molecule has 1 saturated heterocycles. The highest BCUT2D eigenvalue weighted by Crippen LogP contribution is 2.06. The van der Waals surface area contributed by atoms with Gasteiger partial charge in [0.05, 0.1) is 6.54 Å². The maximum Gasteiger partial charge on any atom is 0.234 e. The van der Waals surface area contributed by atoms with Crippen molar-refractivity contribution in [2.75, 3.05) is 46.3 Å². The molecule has 0 unspecified atom stereocenters. The molecule has 0 aromatic heterocycles. The Morgan fingerprint density at radius 1 is 1.25 bits per heavy atom. The van der Waals surface area contributed by atoms with Gasteiger partial charge in [0.1, 0.15) is 5.82 Å². The Labute approximate surface area is 119 Å². The summed E-state index contributed by atoms with van der Waals surface area (Å²) in [5.41, 5.74) is 0.646. The topological polar surface area (TPSA) is 35.6 Å². The largest absolute Gasteiger partial charge is 0.355 e. The molecule has 1 aromatic rings. The monoisotopic (exact) mass is 279 g/mol. The SMILES string of the molecule is CN1CCN(CC(=O)NCCc2ccccc2F)CC1. The Morgan fingerprint density at radius 2 is 1.95 bits per heavy atom.